The van der Waals surface area contributed by atoms with Gasteiger partial charge in [0.05, 0.1) is 6.42 Å². The van der Waals surface area contributed by atoms with Crippen molar-refractivity contribution >= 4 is 23.8 Å². The third-order valence-electron chi connectivity index (χ3n) is 2.17. The molecular formula is C10H18N4O5. The van der Waals surface area contributed by atoms with Gasteiger partial charge in [0.25, 0.3) is 0 Å². The molecule has 0 aromatic heterocycles. The summed E-state index contributed by atoms with van der Waals surface area (Å²) in [5.41, 5.74) is 4.86. The van der Waals surface area contributed by atoms with Crippen molar-refractivity contribution in [1.29, 1.82) is 0 Å². The molecule has 9 nitrogen and oxygen atoms in total. The minimum atomic E-state index is -1.43. The van der Waals surface area contributed by atoms with E-state index in [0.29, 0.717) is 0 Å². The van der Waals surface area contributed by atoms with Gasteiger partial charge in [-0.2, -0.15) is 0 Å². The number of hydrogen-bond acceptors (Lipinski definition) is 4. The van der Waals surface area contributed by atoms with E-state index in [9.17, 15) is 19.2 Å². The lowest BCUT2D eigenvalue weighted by Gasteiger charge is -2.19. The molecule has 108 valence electrons. The topological polar surface area (TPSA) is 142 Å². The fraction of sp³-hybridized carbons (Fsp3) is 0.600. The number of nitrogens with two attached hydrogens (primary N) is 1. The normalized spacial score (nSPS) is 13.0. The van der Waals surface area contributed by atoms with Gasteiger partial charge < -0.3 is 26.4 Å². The summed E-state index contributed by atoms with van der Waals surface area (Å²) in [6.45, 7) is 1.45. The van der Waals surface area contributed by atoms with E-state index in [1.165, 1.54) is 25.9 Å². The average molecular weight is 274 g/mol. The molecule has 9 heteroatoms. The Morgan fingerprint density at radius 1 is 1.21 bits per heavy atom. The van der Waals surface area contributed by atoms with Gasteiger partial charge in [-0.3, -0.25) is 9.59 Å². The summed E-state index contributed by atoms with van der Waals surface area (Å²) in [5, 5.41) is 13.1. The lowest BCUT2D eigenvalue weighted by atomic mass is 10.2. The Balaban J connectivity index is 4.46. The van der Waals surface area contributed by atoms with E-state index in [1.807, 2.05) is 0 Å². The van der Waals surface area contributed by atoms with Crippen LogP contribution >= 0.6 is 0 Å². The first-order valence-electron chi connectivity index (χ1n) is 5.44. The van der Waals surface area contributed by atoms with E-state index in [2.05, 4.69) is 10.6 Å². The van der Waals surface area contributed by atoms with Crippen molar-refractivity contribution in [3.8, 4) is 0 Å². The lowest BCUT2D eigenvalue weighted by molar-refractivity contribution is -0.140. The highest BCUT2D eigenvalue weighted by molar-refractivity contribution is 5.90. The van der Waals surface area contributed by atoms with Crippen LogP contribution in [-0.4, -0.2) is 60.0 Å². The lowest BCUT2D eigenvalue weighted by Crippen LogP contribution is -2.52. The molecule has 0 aromatic rings. The van der Waals surface area contributed by atoms with Crippen LogP contribution in [0.1, 0.15) is 13.3 Å². The van der Waals surface area contributed by atoms with Crippen LogP contribution in [0.4, 0.5) is 4.79 Å². The largest absolute Gasteiger partial charge is 0.480 e. The SMILES string of the molecule is CC(NC(=O)NC(CC(N)=O)C(=O)O)C(=O)N(C)C. The van der Waals surface area contributed by atoms with Crippen molar-refractivity contribution in [1.82, 2.24) is 15.5 Å². The molecule has 0 saturated heterocycles. The molecule has 0 bridgehead atoms. The number of urea groups is 1. The summed E-state index contributed by atoms with van der Waals surface area (Å²) in [6.07, 6.45) is -0.529. The molecule has 0 fully saturated rings. The molecular weight excluding hydrogens is 256 g/mol. The number of nitrogens with zero attached hydrogens (tertiary/aromatic N) is 1. The van der Waals surface area contributed by atoms with Gasteiger partial charge in [-0.1, -0.05) is 0 Å². The monoisotopic (exact) mass is 274 g/mol. The number of rotatable bonds is 6. The zero-order chi connectivity index (χ0) is 15.2. The fourth-order valence-electron chi connectivity index (χ4n) is 1.25. The summed E-state index contributed by atoms with van der Waals surface area (Å²) < 4.78 is 0. The Morgan fingerprint density at radius 2 is 1.74 bits per heavy atom. The molecule has 0 aliphatic rings. The van der Waals surface area contributed by atoms with Crippen LogP contribution in [-0.2, 0) is 14.4 Å². The van der Waals surface area contributed by atoms with Crippen LogP contribution in [0, 0.1) is 0 Å². The highest BCUT2D eigenvalue weighted by Crippen LogP contribution is 1.93. The first-order chi connectivity index (χ1) is 8.65. The second-order valence-electron chi connectivity index (χ2n) is 4.13. The highest BCUT2D eigenvalue weighted by atomic mass is 16.4. The average Bonchev–Trinajstić information content (AvgIpc) is 2.25. The molecule has 0 aliphatic heterocycles. The Hall–Kier alpha value is -2.32. The minimum absolute atomic E-state index is 0.350. The minimum Gasteiger partial charge on any atom is -0.480 e. The zero-order valence-corrected chi connectivity index (χ0v) is 11.0. The Labute approximate surface area is 110 Å². The van der Waals surface area contributed by atoms with E-state index >= 15 is 0 Å². The quantitative estimate of drug-likeness (QED) is 0.447. The zero-order valence-electron chi connectivity index (χ0n) is 11.0. The van der Waals surface area contributed by atoms with Gasteiger partial charge in [0, 0.05) is 14.1 Å². The number of hydrogen-bond donors (Lipinski definition) is 4. The third kappa shape index (κ3) is 6.24. The van der Waals surface area contributed by atoms with Crippen LogP contribution in [0.15, 0.2) is 0 Å². The Bertz CT molecular complexity index is 382. The number of carboxylic acids is 1. The molecule has 0 aromatic carbocycles. The van der Waals surface area contributed by atoms with Crippen molar-refractivity contribution < 1.29 is 24.3 Å². The molecule has 19 heavy (non-hydrogen) atoms. The number of primary amides is 1. The van der Waals surface area contributed by atoms with Gasteiger partial charge >= 0.3 is 12.0 Å². The van der Waals surface area contributed by atoms with E-state index in [1.54, 1.807) is 0 Å². The second kappa shape index (κ2) is 7.19. The molecule has 4 amide bonds. The molecule has 0 spiro atoms. The smallest absolute Gasteiger partial charge is 0.326 e. The number of likely N-dealkylation sites (N-methyl/N-ethyl adjacent to an activating group) is 1. The van der Waals surface area contributed by atoms with Crippen molar-refractivity contribution in [2.45, 2.75) is 25.4 Å². The molecule has 0 saturated carbocycles. The van der Waals surface area contributed by atoms with Crippen molar-refractivity contribution in [3.05, 3.63) is 0 Å². The van der Waals surface area contributed by atoms with Gasteiger partial charge in [-0.25, -0.2) is 9.59 Å². The summed E-state index contributed by atoms with van der Waals surface area (Å²) >= 11 is 0. The van der Waals surface area contributed by atoms with Gasteiger partial charge in [-0.15, -0.1) is 0 Å². The summed E-state index contributed by atoms with van der Waals surface area (Å²) in [5.74, 6) is -2.59. The highest BCUT2D eigenvalue weighted by Gasteiger charge is 2.24. The standard InChI is InChI=1S/C10H18N4O5/c1-5(8(16)14(2)3)12-10(19)13-6(9(17)18)4-7(11)15/h5-6H,4H2,1-3H3,(H2,11,15)(H,17,18)(H2,12,13,19). The van der Waals surface area contributed by atoms with E-state index in [0.717, 1.165) is 0 Å². The summed E-state index contributed by atoms with van der Waals surface area (Å²) in [4.78, 5) is 45.6. The first-order valence-corrected chi connectivity index (χ1v) is 5.44. The number of carbonyl (C=O) groups is 4. The van der Waals surface area contributed by atoms with Crippen molar-refractivity contribution in [3.63, 3.8) is 0 Å². The molecule has 0 rings (SSSR count). The summed E-state index contributed by atoms with van der Waals surface area (Å²) in [6, 6.07) is -3.12. The van der Waals surface area contributed by atoms with Crippen LogP contribution in [0.5, 0.6) is 0 Å². The van der Waals surface area contributed by atoms with Crippen LogP contribution in [0.3, 0.4) is 0 Å². The molecule has 5 N–H and O–H groups in total. The summed E-state index contributed by atoms with van der Waals surface area (Å²) in [7, 11) is 3.04. The number of carbonyl (C=O) groups excluding carboxylic acids is 3. The maximum Gasteiger partial charge on any atom is 0.326 e. The third-order valence-corrected chi connectivity index (χ3v) is 2.17. The van der Waals surface area contributed by atoms with E-state index < -0.39 is 36.4 Å². The predicted octanol–water partition coefficient (Wildman–Crippen LogP) is -1.91. The number of aliphatic carboxylic acids is 1. The molecule has 2 atom stereocenters. The maximum absolute atomic E-state index is 11.5. The molecule has 0 heterocycles. The number of carboxylic acid groups (broad SMARTS) is 1. The van der Waals surface area contributed by atoms with Crippen LogP contribution < -0.4 is 16.4 Å². The second-order valence-corrected chi connectivity index (χ2v) is 4.13. The van der Waals surface area contributed by atoms with Gasteiger partial charge in [-0.05, 0) is 6.92 Å². The number of amides is 4. The maximum atomic E-state index is 11.5. The first kappa shape index (κ1) is 16.7. The number of nitrogens with one attached hydrogen (secondary N) is 2. The molecule has 2 unspecified atom stereocenters. The van der Waals surface area contributed by atoms with Crippen LogP contribution in [0.25, 0.3) is 0 Å². The van der Waals surface area contributed by atoms with E-state index in [4.69, 9.17) is 10.8 Å². The predicted molar refractivity (Wildman–Crippen MR) is 65.1 cm³/mol. The molecule has 0 aliphatic carbocycles. The Kier molecular flexibility index (Phi) is 6.31. The van der Waals surface area contributed by atoms with Gasteiger partial charge in [0.15, 0.2) is 0 Å². The Morgan fingerprint density at radius 3 is 2.11 bits per heavy atom. The van der Waals surface area contributed by atoms with Gasteiger partial charge in [0.1, 0.15) is 12.1 Å². The van der Waals surface area contributed by atoms with Crippen molar-refractivity contribution in [2.75, 3.05) is 14.1 Å². The van der Waals surface area contributed by atoms with E-state index in [-0.39, 0.29) is 5.91 Å². The van der Waals surface area contributed by atoms with Crippen molar-refractivity contribution in [2.24, 2.45) is 5.73 Å². The fourth-order valence-corrected chi connectivity index (χ4v) is 1.25. The molecule has 0 radical (unpaired) electrons. The van der Waals surface area contributed by atoms with Crippen LogP contribution in [0.2, 0.25) is 0 Å². The van der Waals surface area contributed by atoms with Gasteiger partial charge in [0.2, 0.25) is 11.8 Å².